The van der Waals surface area contributed by atoms with Crippen LogP contribution in [-0.4, -0.2) is 4.89 Å². The van der Waals surface area contributed by atoms with Crippen LogP contribution < -0.4 is 4.52 Å². The minimum atomic E-state index is -4.55. The largest absolute Gasteiger partial charge is 0.436 e. The monoisotopic (exact) mass is 274 g/mol. The summed E-state index contributed by atoms with van der Waals surface area (Å²) < 4.78 is 41.8. The lowest BCUT2D eigenvalue weighted by Crippen LogP contribution is -2.06. The fourth-order valence-electron chi connectivity index (χ4n) is 0.909. The van der Waals surface area contributed by atoms with Gasteiger partial charge in [0.1, 0.15) is 5.75 Å². The number of alkyl halides is 3. The van der Waals surface area contributed by atoms with Crippen molar-refractivity contribution in [2.45, 2.75) is 6.18 Å². The highest BCUT2D eigenvalue weighted by molar-refractivity contribution is 8.59. The number of benzene rings is 1. The second-order valence-electron chi connectivity index (χ2n) is 2.58. The molecule has 0 aliphatic rings. The predicted molar refractivity (Wildman–Crippen MR) is 57.6 cm³/mol. The molecule has 0 fully saturated rings. The molecule has 0 radical (unpaired) electrons. The third-order valence-corrected chi connectivity index (χ3v) is 2.31. The third-order valence-electron chi connectivity index (χ3n) is 1.41. The molecule has 0 spiro atoms. The van der Waals surface area contributed by atoms with Gasteiger partial charge in [0.15, 0.2) is 0 Å². The van der Waals surface area contributed by atoms with Crippen molar-refractivity contribution in [1.82, 2.24) is 0 Å². The molecule has 0 amide bonds. The Morgan fingerprint density at radius 2 is 1.87 bits per heavy atom. The van der Waals surface area contributed by atoms with Crippen molar-refractivity contribution in [2.24, 2.45) is 0 Å². The van der Waals surface area contributed by atoms with Crippen LogP contribution >= 0.6 is 17.9 Å². The first kappa shape index (κ1) is 12.8. The fraction of sp³-hybridized carbons (Fsp3) is 0.143. The van der Waals surface area contributed by atoms with Crippen LogP contribution in [0.2, 0.25) is 0 Å². The fourth-order valence-corrected chi connectivity index (χ4v) is 1.83. The molecular formula is C7H6F3O2PS2. The number of thiol groups is 1. The molecule has 2 nitrogen and oxygen atoms in total. The van der Waals surface area contributed by atoms with Gasteiger partial charge in [-0.25, -0.2) is 0 Å². The molecular weight excluding hydrogens is 268 g/mol. The Labute approximate surface area is 94.4 Å². The van der Waals surface area contributed by atoms with E-state index >= 15 is 0 Å². The molecule has 0 aromatic heterocycles. The predicted octanol–water partition coefficient (Wildman–Crippen LogP) is 3.23. The second-order valence-corrected chi connectivity index (χ2v) is 7.66. The molecule has 1 unspecified atom stereocenters. The van der Waals surface area contributed by atoms with E-state index < -0.39 is 23.2 Å². The zero-order valence-electron chi connectivity index (χ0n) is 7.10. The summed E-state index contributed by atoms with van der Waals surface area (Å²) in [6, 6.07) is 4.49. The van der Waals surface area contributed by atoms with Gasteiger partial charge in [-0.05, 0) is 23.9 Å². The molecule has 1 rings (SSSR count). The van der Waals surface area contributed by atoms with Crippen molar-refractivity contribution in [2.75, 3.05) is 0 Å². The minimum Gasteiger partial charge on any atom is -0.436 e. The van der Waals surface area contributed by atoms with Gasteiger partial charge in [-0.15, -0.1) is 0 Å². The van der Waals surface area contributed by atoms with Crippen LogP contribution in [0.25, 0.3) is 0 Å². The van der Waals surface area contributed by atoms with Gasteiger partial charge in [-0.2, -0.15) is 13.2 Å². The molecule has 0 aliphatic heterocycles. The van der Waals surface area contributed by atoms with E-state index in [1.807, 2.05) is 0 Å². The number of para-hydroxylation sites is 1. The third kappa shape index (κ3) is 4.03. The molecule has 0 bridgehead atoms. The van der Waals surface area contributed by atoms with Crippen molar-refractivity contribution in [1.29, 1.82) is 0 Å². The minimum absolute atomic E-state index is 0.508. The summed E-state index contributed by atoms with van der Waals surface area (Å²) in [5.74, 6) is -0.508. The standard InChI is InChI=1S/C7H6F3O2PS2/c8-7(9,10)5-3-1-2-4-6(5)12-13(11,14)15/h1-4H,(H2,11,14,15). The molecule has 1 aromatic rings. The summed E-state index contributed by atoms with van der Waals surface area (Å²) in [4.78, 5) is 9.06. The lowest BCUT2D eigenvalue weighted by atomic mass is 10.2. The van der Waals surface area contributed by atoms with Crippen LogP contribution in [0.3, 0.4) is 0 Å². The molecule has 0 aliphatic carbocycles. The van der Waals surface area contributed by atoms with Crippen LogP contribution in [0.1, 0.15) is 5.56 Å². The van der Waals surface area contributed by atoms with E-state index in [0.717, 1.165) is 12.1 Å². The smallest absolute Gasteiger partial charge is 0.419 e. The summed E-state index contributed by atoms with van der Waals surface area (Å²) in [6.07, 6.45) is -4.55. The Morgan fingerprint density at radius 1 is 1.33 bits per heavy atom. The number of hydrogen-bond donors (Lipinski definition) is 2. The van der Waals surface area contributed by atoms with Gasteiger partial charge >= 0.3 is 6.18 Å². The van der Waals surface area contributed by atoms with Gasteiger partial charge in [0.2, 0.25) is 0 Å². The van der Waals surface area contributed by atoms with Crippen molar-refractivity contribution in [3.05, 3.63) is 29.8 Å². The summed E-state index contributed by atoms with van der Waals surface area (Å²) in [5, 5.41) is 0. The van der Waals surface area contributed by atoms with E-state index in [2.05, 4.69) is 28.6 Å². The highest BCUT2D eigenvalue weighted by atomic mass is 32.9. The second kappa shape index (κ2) is 4.33. The Morgan fingerprint density at radius 3 is 2.33 bits per heavy atom. The van der Waals surface area contributed by atoms with Gasteiger partial charge in [-0.3, -0.25) is 0 Å². The molecule has 0 heterocycles. The Bertz CT molecular complexity index is 401. The molecule has 0 saturated carbocycles. The highest BCUT2D eigenvalue weighted by Crippen LogP contribution is 2.50. The number of hydrogen-bond acceptors (Lipinski definition) is 2. The lowest BCUT2D eigenvalue weighted by molar-refractivity contribution is -0.138. The summed E-state index contributed by atoms with van der Waals surface area (Å²) in [7, 11) is 0. The Balaban J connectivity index is 3.14. The lowest BCUT2D eigenvalue weighted by Gasteiger charge is -2.15. The maximum Gasteiger partial charge on any atom is 0.419 e. The molecule has 84 valence electrons. The first-order chi connectivity index (χ1) is 6.70. The van der Waals surface area contributed by atoms with Crippen molar-refractivity contribution >= 4 is 29.7 Å². The van der Waals surface area contributed by atoms with Crippen molar-refractivity contribution < 1.29 is 22.6 Å². The van der Waals surface area contributed by atoms with E-state index in [1.54, 1.807) is 0 Å². The maximum atomic E-state index is 12.4. The quantitative estimate of drug-likeness (QED) is 0.641. The first-order valence-corrected chi connectivity index (χ1v) is 7.44. The average molecular weight is 274 g/mol. The highest BCUT2D eigenvalue weighted by Gasteiger charge is 2.34. The summed E-state index contributed by atoms with van der Waals surface area (Å²) in [5.41, 5.74) is -4.44. The average Bonchev–Trinajstić information content (AvgIpc) is 1.99. The van der Waals surface area contributed by atoms with Crippen molar-refractivity contribution in [3.8, 4) is 5.75 Å². The van der Waals surface area contributed by atoms with Crippen LogP contribution in [0.4, 0.5) is 13.2 Å². The van der Waals surface area contributed by atoms with E-state index in [9.17, 15) is 13.2 Å². The molecule has 8 heteroatoms. The molecule has 1 aromatic carbocycles. The van der Waals surface area contributed by atoms with Crippen LogP contribution in [0.15, 0.2) is 24.3 Å². The van der Waals surface area contributed by atoms with Crippen LogP contribution in [0, 0.1) is 0 Å². The maximum absolute atomic E-state index is 12.4. The normalized spacial score (nSPS) is 15.8. The van der Waals surface area contributed by atoms with Gasteiger partial charge in [0.05, 0.1) is 5.56 Å². The van der Waals surface area contributed by atoms with Crippen LogP contribution in [-0.2, 0) is 18.0 Å². The van der Waals surface area contributed by atoms with Crippen molar-refractivity contribution in [3.63, 3.8) is 0 Å². The van der Waals surface area contributed by atoms with Gasteiger partial charge in [0.25, 0.3) is 5.69 Å². The molecule has 1 atom stereocenters. The van der Waals surface area contributed by atoms with E-state index in [0.29, 0.717) is 0 Å². The number of halogens is 3. The van der Waals surface area contributed by atoms with Gasteiger partial charge < -0.3 is 9.42 Å². The summed E-state index contributed by atoms with van der Waals surface area (Å²) >= 11 is 7.89. The van der Waals surface area contributed by atoms with Gasteiger partial charge in [-0.1, -0.05) is 24.4 Å². The first-order valence-electron chi connectivity index (χ1n) is 3.61. The van der Waals surface area contributed by atoms with Crippen LogP contribution in [0.5, 0.6) is 5.75 Å². The molecule has 0 saturated heterocycles. The van der Waals surface area contributed by atoms with E-state index in [1.165, 1.54) is 12.1 Å². The summed E-state index contributed by atoms with van der Waals surface area (Å²) in [6.45, 7) is 0. The van der Waals surface area contributed by atoms with Gasteiger partial charge in [0, 0.05) is 0 Å². The molecule has 1 N–H and O–H groups in total. The topological polar surface area (TPSA) is 29.5 Å². The number of rotatable bonds is 2. The zero-order valence-corrected chi connectivity index (χ0v) is 9.71. The van der Waals surface area contributed by atoms with E-state index in [4.69, 9.17) is 4.89 Å². The van der Waals surface area contributed by atoms with E-state index in [-0.39, 0.29) is 0 Å². The Hall–Kier alpha value is -0.230. The zero-order chi connectivity index (χ0) is 11.7. The Kier molecular flexibility index (Phi) is 3.71. The SMILES string of the molecule is OP(=S)(S)Oc1ccccc1C(F)(F)F. The molecule has 15 heavy (non-hydrogen) atoms.